The van der Waals surface area contributed by atoms with Crippen LogP contribution < -0.4 is 0 Å². The normalized spacial score (nSPS) is 11.3. The van der Waals surface area contributed by atoms with Crippen molar-refractivity contribution in [2.24, 2.45) is 0 Å². The molecule has 0 heterocycles. The summed E-state index contributed by atoms with van der Waals surface area (Å²) in [6, 6.07) is 7.79. The van der Waals surface area contributed by atoms with E-state index in [1.165, 1.54) is 0 Å². The number of rotatable bonds is 3. The first-order chi connectivity index (χ1) is 7.20. The van der Waals surface area contributed by atoms with Crippen LogP contribution in [0.4, 0.5) is 0 Å². The van der Waals surface area contributed by atoms with E-state index in [1.807, 2.05) is 45.0 Å². The lowest BCUT2D eigenvalue weighted by molar-refractivity contribution is -0.136. The Labute approximate surface area is 90.6 Å². The summed E-state index contributed by atoms with van der Waals surface area (Å²) in [4.78, 5) is 11.6. The first kappa shape index (κ1) is 11.5. The van der Waals surface area contributed by atoms with Crippen molar-refractivity contribution in [3.63, 3.8) is 0 Å². The maximum atomic E-state index is 11.6. The van der Waals surface area contributed by atoms with Crippen molar-refractivity contribution in [1.82, 2.24) is 0 Å². The molecular formula is C13H16O2. The summed E-state index contributed by atoms with van der Waals surface area (Å²) in [5.41, 5.74) is 2.66. The minimum Gasteiger partial charge on any atom is -0.462 e. The maximum absolute atomic E-state index is 11.6. The zero-order valence-electron chi connectivity index (χ0n) is 9.41. The molecule has 80 valence electrons. The highest BCUT2D eigenvalue weighted by atomic mass is 16.5. The maximum Gasteiger partial charge on any atom is 0.338 e. The van der Waals surface area contributed by atoms with E-state index in [1.54, 1.807) is 6.08 Å². The van der Waals surface area contributed by atoms with Crippen LogP contribution in [0.1, 0.15) is 25.0 Å². The molecule has 0 aliphatic heterocycles. The van der Waals surface area contributed by atoms with Gasteiger partial charge < -0.3 is 4.74 Å². The molecule has 0 unspecified atom stereocenters. The van der Waals surface area contributed by atoms with Gasteiger partial charge in [-0.2, -0.15) is 0 Å². The summed E-state index contributed by atoms with van der Waals surface area (Å²) in [6.07, 6.45) is 1.79. The number of carbonyl (C=O) groups excluding carboxylic acids is 1. The number of aryl methyl sites for hydroxylation is 1. The number of carbonyl (C=O) groups is 1. The van der Waals surface area contributed by atoms with E-state index in [2.05, 4.69) is 0 Å². The minimum absolute atomic E-state index is 0.255. The van der Waals surface area contributed by atoms with Gasteiger partial charge in [0.05, 0.1) is 12.2 Å². The number of hydrogen-bond donors (Lipinski definition) is 0. The molecule has 0 N–H and O–H groups in total. The van der Waals surface area contributed by atoms with Crippen molar-refractivity contribution in [2.75, 3.05) is 6.61 Å². The van der Waals surface area contributed by atoms with Gasteiger partial charge in [0.15, 0.2) is 0 Å². The Balaban J connectivity index is 3.04. The Morgan fingerprint density at radius 3 is 2.60 bits per heavy atom. The molecule has 0 saturated heterocycles. The first-order valence-corrected chi connectivity index (χ1v) is 5.10. The van der Waals surface area contributed by atoms with Gasteiger partial charge >= 0.3 is 5.97 Å². The number of ether oxygens (including phenoxy) is 1. The zero-order valence-corrected chi connectivity index (χ0v) is 9.41. The van der Waals surface area contributed by atoms with Crippen LogP contribution in [0.15, 0.2) is 30.3 Å². The summed E-state index contributed by atoms with van der Waals surface area (Å²) in [7, 11) is 0. The fourth-order valence-electron chi connectivity index (χ4n) is 1.47. The third kappa shape index (κ3) is 2.69. The van der Waals surface area contributed by atoms with Gasteiger partial charge in [-0.3, -0.25) is 0 Å². The van der Waals surface area contributed by atoms with Gasteiger partial charge in [0.1, 0.15) is 0 Å². The Kier molecular flexibility index (Phi) is 4.10. The fourth-order valence-corrected chi connectivity index (χ4v) is 1.47. The van der Waals surface area contributed by atoms with E-state index in [0.717, 1.165) is 11.1 Å². The molecule has 0 fully saturated rings. The predicted molar refractivity (Wildman–Crippen MR) is 61.5 cm³/mol. The average molecular weight is 204 g/mol. The second-order valence-electron chi connectivity index (χ2n) is 3.24. The first-order valence-electron chi connectivity index (χ1n) is 5.10. The topological polar surface area (TPSA) is 26.3 Å². The third-order valence-corrected chi connectivity index (χ3v) is 2.22. The zero-order chi connectivity index (χ0) is 11.3. The largest absolute Gasteiger partial charge is 0.462 e. The molecule has 1 aromatic carbocycles. The van der Waals surface area contributed by atoms with Crippen molar-refractivity contribution >= 4 is 11.5 Å². The molecule has 0 spiro atoms. The van der Waals surface area contributed by atoms with Crippen LogP contribution >= 0.6 is 0 Å². The summed E-state index contributed by atoms with van der Waals surface area (Å²) < 4.78 is 5.00. The number of benzene rings is 1. The van der Waals surface area contributed by atoms with E-state index in [0.29, 0.717) is 12.2 Å². The molecular weight excluding hydrogens is 188 g/mol. The Bertz CT molecular complexity index is 378. The van der Waals surface area contributed by atoms with E-state index in [4.69, 9.17) is 4.74 Å². The monoisotopic (exact) mass is 204 g/mol. The van der Waals surface area contributed by atoms with Crippen LogP contribution in [-0.4, -0.2) is 12.6 Å². The molecule has 2 heteroatoms. The van der Waals surface area contributed by atoms with Gasteiger partial charge in [0.2, 0.25) is 0 Å². The molecule has 0 aliphatic carbocycles. The van der Waals surface area contributed by atoms with Crippen molar-refractivity contribution in [1.29, 1.82) is 0 Å². The Hall–Kier alpha value is -1.57. The minimum atomic E-state index is -0.255. The summed E-state index contributed by atoms with van der Waals surface area (Å²) in [5.74, 6) is -0.255. The van der Waals surface area contributed by atoms with Crippen molar-refractivity contribution in [3.8, 4) is 0 Å². The highest BCUT2D eigenvalue weighted by Crippen LogP contribution is 2.19. The van der Waals surface area contributed by atoms with Crippen LogP contribution in [0.2, 0.25) is 0 Å². The lowest BCUT2D eigenvalue weighted by atomic mass is 10.0. The molecule has 1 aromatic rings. The van der Waals surface area contributed by atoms with Gasteiger partial charge in [-0.05, 0) is 31.9 Å². The van der Waals surface area contributed by atoms with E-state index in [-0.39, 0.29) is 5.97 Å². The van der Waals surface area contributed by atoms with Gasteiger partial charge in [-0.1, -0.05) is 30.3 Å². The Morgan fingerprint density at radius 1 is 1.40 bits per heavy atom. The van der Waals surface area contributed by atoms with Crippen molar-refractivity contribution < 1.29 is 9.53 Å². The van der Waals surface area contributed by atoms with Crippen molar-refractivity contribution in [3.05, 3.63) is 41.5 Å². The van der Waals surface area contributed by atoms with E-state index in [9.17, 15) is 4.79 Å². The van der Waals surface area contributed by atoms with E-state index < -0.39 is 0 Å². The lowest BCUT2D eigenvalue weighted by Crippen LogP contribution is -2.07. The summed E-state index contributed by atoms with van der Waals surface area (Å²) in [5, 5.41) is 0. The van der Waals surface area contributed by atoms with Crippen LogP contribution in [-0.2, 0) is 9.53 Å². The number of allylic oxidation sites excluding steroid dienone is 1. The SMILES string of the molecule is C/C=C(\C(=O)OCC)c1ccccc1C. The summed E-state index contributed by atoms with van der Waals surface area (Å²) in [6.45, 7) is 6.04. The van der Waals surface area contributed by atoms with Gasteiger partial charge in [-0.15, -0.1) is 0 Å². The fraction of sp³-hybridized carbons (Fsp3) is 0.308. The smallest absolute Gasteiger partial charge is 0.338 e. The summed E-state index contributed by atoms with van der Waals surface area (Å²) >= 11 is 0. The molecule has 0 atom stereocenters. The molecule has 0 aromatic heterocycles. The highest BCUT2D eigenvalue weighted by Gasteiger charge is 2.13. The number of hydrogen-bond acceptors (Lipinski definition) is 2. The van der Waals surface area contributed by atoms with Gasteiger partial charge in [0, 0.05) is 0 Å². The van der Waals surface area contributed by atoms with Crippen LogP contribution in [0, 0.1) is 6.92 Å². The molecule has 0 saturated carbocycles. The second-order valence-corrected chi connectivity index (χ2v) is 3.24. The molecule has 15 heavy (non-hydrogen) atoms. The third-order valence-electron chi connectivity index (χ3n) is 2.22. The van der Waals surface area contributed by atoms with E-state index >= 15 is 0 Å². The lowest BCUT2D eigenvalue weighted by Gasteiger charge is -2.08. The highest BCUT2D eigenvalue weighted by molar-refractivity contribution is 6.16. The van der Waals surface area contributed by atoms with Crippen LogP contribution in [0.25, 0.3) is 5.57 Å². The van der Waals surface area contributed by atoms with Crippen LogP contribution in [0.5, 0.6) is 0 Å². The quantitative estimate of drug-likeness (QED) is 0.559. The predicted octanol–water partition coefficient (Wildman–Crippen LogP) is 2.96. The Morgan fingerprint density at radius 2 is 2.07 bits per heavy atom. The standard InChI is InChI=1S/C13H16O2/c1-4-11(13(14)15-5-2)12-9-7-6-8-10(12)3/h4,6-9H,5H2,1-3H3/b11-4-. The molecule has 0 aliphatic rings. The van der Waals surface area contributed by atoms with Gasteiger partial charge in [-0.25, -0.2) is 4.79 Å². The molecule has 0 amide bonds. The van der Waals surface area contributed by atoms with Crippen LogP contribution in [0.3, 0.4) is 0 Å². The number of esters is 1. The van der Waals surface area contributed by atoms with Crippen molar-refractivity contribution in [2.45, 2.75) is 20.8 Å². The molecule has 0 bridgehead atoms. The second kappa shape index (κ2) is 5.35. The molecule has 2 nitrogen and oxygen atoms in total. The van der Waals surface area contributed by atoms with Gasteiger partial charge in [0.25, 0.3) is 0 Å². The molecule has 1 rings (SSSR count). The molecule has 0 radical (unpaired) electrons. The average Bonchev–Trinajstić information content (AvgIpc) is 2.22.